The number of hydrogen-bond donors (Lipinski definition) is 1. The number of rotatable bonds is 0. The largest absolute Gasteiger partial charge is 0.351 e. The van der Waals surface area contributed by atoms with Gasteiger partial charge in [0, 0.05) is 12.4 Å². The Kier molecular flexibility index (Phi) is 3.15. The Morgan fingerprint density at radius 1 is 0.941 bits per heavy atom. The smallest absolute Gasteiger partial charge is 0.338 e. The molecule has 6 nitrogen and oxygen atoms in total. The van der Waals surface area contributed by atoms with Crippen LogP contribution < -0.4 is 10.7 Å². The summed E-state index contributed by atoms with van der Waals surface area (Å²) < 4.78 is 0. The molecule has 0 atom stereocenters. The number of aromatic nitrogens is 2. The number of carbonyl (C=O) groups is 2. The van der Waals surface area contributed by atoms with E-state index >= 15 is 0 Å². The number of para-hydroxylation sites is 2. The van der Waals surface area contributed by atoms with Crippen molar-refractivity contribution in [3.63, 3.8) is 0 Å². The number of nitrogens with one attached hydrogen (secondary N) is 1. The molecule has 1 aliphatic rings. The minimum atomic E-state index is -0.797. The predicted octanol–water partition coefficient (Wildman–Crippen LogP) is -0.598. The molecule has 1 aromatic heterocycles. The van der Waals surface area contributed by atoms with Gasteiger partial charge >= 0.3 is 11.8 Å². The van der Waals surface area contributed by atoms with Gasteiger partial charge in [-0.1, -0.05) is 12.1 Å². The van der Waals surface area contributed by atoms with Gasteiger partial charge < -0.3 is 4.98 Å². The fourth-order valence-electron chi connectivity index (χ4n) is 1.18. The quantitative estimate of drug-likeness (QED) is 0.611. The molecular formula is C11H8N4O2. The molecule has 0 saturated carbocycles. The van der Waals surface area contributed by atoms with Crippen LogP contribution in [0.15, 0.2) is 53.0 Å². The van der Waals surface area contributed by atoms with Crippen LogP contribution in [-0.2, 0) is 9.59 Å². The number of carbonyl (C=O) groups excluding carboxylic acids is 2. The summed E-state index contributed by atoms with van der Waals surface area (Å²) >= 11 is 0. The molecule has 0 radical (unpaired) electrons. The van der Waals surface area contributed by atoms with Crippen molar-refractivity contribution in [2.24, 2.45) is 9.98 Å². The summed E-state index contributed by atoms with van der Waals surface area (Å²) in [5, 5.41) is 0.921. The van der Waals surface area contributed by atoms with Crippen molar-refractivity contribution in [3.8, 4) is 0 Å². The monoisotopic (exact) mass is 228 g/mol. The first kappa shape index (κ1) is 10.9. The number of hydrogen-bond acceptors (Lipinski definition) is 3. The van der Waals surface area contributed by atoms with Gasteiger partial charge in [-0.05, 0) is 12.1 Å². The summed E-state index contributed by atoms with van der Waals surface area (Å²) in [5.41, 5.74) is 0. The summed E-state index contributed by atoms with van der Waals surface area (Å²) in [7, 11) is 0. The molecule has 2 amide bonds. The van der Waals surface area contributed by atoms with E-state index in [2.05, 4.69) is 20.0 Å². The van der Waals surface area contributed by atoms with E-state index in [-0.39, 0.29) is 0 Å². The van der Waals surface area contributed by atoms with Crippen molar-refractivity contribution in [2.45, 2.75) is 0 Å². The lowest BCUT2D eigenvalue weighted by Crippen LogP contribution is -2.33. The second-order valence-electron chi connectivity index (χ2n) is 3.08. The molecule has 6 heteroatoms. The van der Waals surface area contributed by atoms with Crippen LogP contribution in [0.25, 0.3) is 0 Å². The molecule has 0 fully saturated rings. The number of aromatic amines is 1. The molecule has 0 spiro atoms. The van der Waals surface area contributed by atoms with Crippen LogP contribution in [0.1, 0.15) is 0 Å². The zero-order valence-corrected chi connectivity index (χ0v) is 8.70. The Labute approximate surface area is 95.8 Å². The van der Waals surface area contributed by atoms with Crippen LogP contribution in [0.2, 0.25) is 0 Å². The van der Waals surface area contributed by atoms with Gasteiger partial charge in [-0.3, -0.25) is 9.59 Å². The first-order valence-corrected chi connectivity index (χ1v) is 4.81. The van der Waals surface area contributed by atoms with Crippen molar-refractivity contribution < 1.29 is 9.59 Å². The minimum absolute atomic E-state index is 0.460. The highest BCUT2D eigenvalue weighted by Crippen LogP contribution is 1.83. The Balaban J connectivity index is 0.000000181. The molecule has 1 aromatic carbocycles. The molecule has 0 saturated heterocycles. The fourth-order valence-corrected chi connectivity index (χ4v) is 1.18. The van der Waals surface area contributed by atoms with Crippen molar-refractivity contribution in [3.05, 3.63) is 53.7 Å². The summed E-state index contributed by atoms with van der Waals surface area (Å²) in [6.07, 6.45) is 5.08. The second kappa shape index (κ2) is 4.93. The molecule has 2 heterocycles. The van der Waals surface area contributed by atoms with Crippen molar-refractivity contribution in [2.75, 3.05) is 0 Å². The fraction of sp³-hybridized carbons (Fsp3) is 0. The highest BCUT2D eigenvalue weighted by atomic mass is 16.2. The van der Waals surface area contributed by atoms with E-state index in [1.807, 2.05) is 0 Å². The van der Waals surface area contributed by atoms with E-state index in [0.717, 1.165) is 0 Å². The lowest BCUT2D eigenvalue weighted by Gasteiger charge is -1.94. The average Bonchev–Trinajstić information content (AvgIpc) is 2.89. The lowest BCUT2D eigenvalue weighted by molar-refractivity contribution is -0.135. The molecule has 3 rings (SSSR count). The maximum Gasteiger partial charge on any atom is 0.338 e. The Morgan fingerprint density at radius 3 is 1.88 bits per heavy atom. The number of nitrogens with zero attached hydrogens (tertiary/aromatic N) is 3. The van der Waals surface area contributed by atoms with Gasteiger partial charge in [0.15, 0.2) is 0 Å². The van der Waals surface area contributed by atoms with Gasteiger partial charge in [-0.15, -0.1) is 0 Å². The SMILES string of the molecule is O=C1N=c2ccccc2=NC1=O.c1c[nH]cn1. The van der Waals surface area contributed by atoms with E-state index in [1.165, 1.54) is 0 Å². The third kappa shape index (κ3) is 2.69. The second-order valence-corrected chi connectivity index (χ2v) is 3.08. The van der Waals surface area contributed by atoms with Crippen LogP contribution in [-0.4, -0.2) is 21.8 Å². The molecule has 1 aliphatic heterocycles. The van der Waals surface area contributed by atoms with Crippen molar-refractivity contribution in [1.29, 1.82) is 0 Å². The van der Waals surface area contributed by atoms with Crippen LogP contribution in [0.5, 0.6) is 0 Å². The highest BCUT2D eigenvalue weighted by Gasteiger charge is 2.13. The third-order valence-corrected chi connectivity index (χ3v) is 1.91. The first-order chi connectivity index (χ1) is 8.27. The van der Waals surface area contributed by atoms with Crippen molar-refractivity contribution in [1.82, 2.24) is 9.97 Å². The lowest BCUT2D eigenvalue weighted by atomic mass is 10.3. The molecule has 84 valence electrons. The van der Waals surface area contributed by atoms with Crippen LogP contribution >= 0.6 is 0 Å². The molecule has 2 aromatic rings. The average molecular weight is 228 g/mol. The zero-order chi connectivity index (χ0) is 12.1. The maximum absolute atomic E-state index is 10.7. The predicted molar refractivity (Wildman–Crippen MR) is 57.4 cm³/mol. The molecule has 0 unspecified atom stereocenters. The van der Waals surface area contributed by atoms with Gasteiger partial charge in [-0.2, -0.15) is 0 Å². The summed E-state index contributed by atoms with van der Waals surface area (Å²) in [4.78, 5) is 35.0. The van der Waals surface area contributed by atoms with Gasteiger partial charge in [-0.25, -0.2) is 15.0 Å². The van der Waals surface area contributed by atoms with Gasteiger partial charge in [0.25, 0.3) is 0 Å². The molecule has 0 aliphatic carbocycles. The third-order valence-electron chi connectivity index (χ3n) is 1.91. The molecule has 1 N–H and O–H groups in total. The first-order valence-electron chi connectivity index (χ1n) is 4.81. The van der Waals surface area contributed by atoms with Crippen LogP contribution in [0.3, 0.4) is 0 Å². The topological polar surface area (TPSA) is 87.5 Å². The van der Waals surface area contributed by atoms with Gasteiger partial charge in [0.2, 0.25) is 0 Å². The molecule has 17 heavy (non-hydrogen) atoms. The van der Waals surface area contributed by atoms with Crippen LogP contribution in [0, 0.1) is 0 Å². The van der Waals surface area contributed by atoms with Gasteiger partial charge in [0.05, 0.1) is 17.0 Å². The standard InChI is InChI=1S/C8H4N2O2.C3H4N2/c11-7-8(12)10-6-4-2-1-3-5(6)9-7;1-2-5-3-4-1/h1-4H;1-3H,(H,4,5). The highest BCUT2D eigenvalue weighted by molar-refractivity contribution is 6.36. The number of amides is 2. The van der Waals surface area contributed by atoms with Crippen LogP contribution in [0.4, 0.5) is 0 Å². The van der Waals surface area contributed by atoms with E-state index < -0.39 is 11.8 Å². The zero-order valence-electron chi connectivity index (χ0n) is 8.70. The minimum Gasteiger partial charge on any atom is -0.351 e. The number of benzene rings is 1. The molecule has 0 bridgehead atoms. The van der Waals surface area contributed by atoms with E-state index in [9.17, 15) is 9.59 Å². The van der Waals surface area contributed by atoms with E-state index in [0.29, 0.717) is 10.7 Å². The number of fused-ring (bicyclic) bond motifs is 1. The Bertz CT molecular complexity index is 584. The number of H-pyrrole nitrogens is 1. The van der Waals surface area contributed by atoms with Crippen molar-refractivity contribution >= 4 is 11.8 Å². The molecular weight excluding hydrogens is 220 g/mol. The van der Waals surface area contributed by atoms with E-state index in [1.54, 1.807) is 43.0 Å². The van der Waals surface area contributed by atoms with Gasteiger partial charge in [0.1, 0.15) is 0 Å². The number of imidazole rings is 1. The normalized spacial score (nSPS) is 12.7. The maximum atomic E-state index is 10.7. The summed E-state index contributed by atoms with van der Waals surface area (Å²) in [6, 6.07) is 6.76. The summed E-state index contributed by atoms with van der Waals surface area (Å²) in [5.74, 6) is -1.59. The Hall–Kier alpha value is -2.63. The Morgan fingerprint density at radius 2 is 1.53 bits per heavy atom. The van der Waals surface area contributed by atoms with E-state index in [4.69, 9.17) is 0 Å². The summed E-state index contributed by atoms with van der Waals surface area (Å²) in [6.45, 7) is 0.